The number of aromatic nitrogens is 2. The van der Waals surface area contributed by atoms with Crippen LogP contribution in [0.1, 0.15) is 31.2 Å². The summed E-state index contributed by atoms with van der Waals surface area (Å²) < 4.78 is 1.78. The Morgan fingerprint density at radius 2 is 2.38 bits per heavy atom. The van der Waals surface area contributed by atoms with Gasteiger partial charge in [0.15, 0.2) is 0 Å². The lowest BCUT2D eigenvalue weighted by molar-refractivity contribution is 0.269. The van der Waals surface area contributed by atoms with Crippen LogP contribution in [0.3, 0.4) is 0 Å². The summed E-state index contributed by atoms with van der Waals surface area (Å²) in [5.41, 5.74) is 1.20. The van der Waals surface area contributed by atoms with Crippen LogP contribution in [-0.2, 0) is 13.1 Å². The summed E-state index contributed by atoms with van der Waals surface area (Å²) in [6.07, 6.45) is 9.45. The highest BCUT2D eigenvalue weighted by Gasteiger charge is 2.16. The van der Waals surface area contributed by atoms with E-state index in [9.17, 15) is 0 Å². The molecule has 1 aromatic rings. The molecule has 0 aliphatic heterocycles. The van der Waals surface area contributed by atoms with Gasteiger partial charge >= 0.3 is 0 Å². The maximum atomic E-state index is 8.76. The lowest BCUT2D eigenvalue weighted by Crippen LogP contribution is -2.20. The van der Waals surface area contributed by atoms with Gasteiger partial charge in [0.05, 0.1) is 19.3 Å². The predicted octanol–water partition coefficient (Wildman–Crippen LogP) is 1.16. The summed E-state index contributed by atoms with van der Waals surface area (Å²) in [7, 11) is 0. The monoisotopic (exact) mass is 223 g/mol. The van der Waals surface area contributed by atoms with Crippen LogP contribution in [0.25, 0.3) is 0 Å². The van der Waals surface area contributed by atoms with Gasteiger partial charge in [-0.05, 0) is 18.9 Å². The van der Waals surface area contributed by atoms with E-state index in [0.29, 0.717) is 6.54 Å². The van der Waals surface area contributed by atoms with E-state index in [-0.39, 0.29) is 6.61 Å². The van der Waals surface area contributed by atoms with E-state index < -0.39 is 0 Å². The summed E-state index contributed by atoms with van der Waals surface area (Å²) in [5, 5.41) is 16.4. The average molecular weight is 223 g/mol. The molecule has 90 valence electrons. The molecule has 0 amide bonds. The molecule has 16 heavy (non-hydrogen) atoms. The first-order valence-electron chi connectivity index (χ1n) is 6.21. The van der Waals surface area contributed by atoms with Gasteiger partial charge in [0.2, 0.25) is 0 Å². The smallest absolute Gasteiger partial charge is 0.0640 e. The number of nitrogens with one attached hydrogen (secondary N) is 1. The first kappa shape index (κ1) is 11.6. The highest BCUT2D eigenvalue weighted by atomic mass is 16.3. The van der Waals surface area contributed by atoms with Gasteiger partial charge < -0.3 is 10.4 Å². The van der Waals surface area contributed by atoms with E-state index >= 15 is 0 Å². The van der Waals surface area contributed by atoms with Crippen molar-refractivity contribution in [2.45, 2.75) is 38.8 Å². The molecule has 0 spiro atoms. The third-order valence-electron chi connectivity index (χ3n) is 3.30. The van der Waals surface area contributed by atoms with E-state index in [1.54, 1.807) is 4.68 Å². The first-order chi connectivity index (χ1) is 7.88. The molecule has 2 N–H and O–H groups in total. The molecular weight excluding hydrogens is 202 g/mol. The Balaban J connectivity index is 1.60. The van der Waals surface area contributed by atoms with Crippen molar-refractivity contribution >= 4 is 0 Å². The lowest BCUT2D eigenvalue weighted by atomic mass is 9.83. The van der Waals surface area contributed by atoms with Crippen LogP contribution in [-0.4, -0.2) is 28.0 Å². The molecule has 1 aliphatic carbocycles. The van der Waals surface area contributed by atoms with Crippen molar-refractivity contribution in [1.82, 2.24) is 15.1 Å². The Morgan fingerprint density at radius 3 is 3.06 bits per heavy atom. The fourth-order valence-electron chi connectivity index (χ4n) is 2.04. The Kier molecular flexibility index (Phi) is 4.36. The first-order valence-corrected chi connectivity index (χ1v) is 6.21. The number of hydrogen-bond acceptors (Lipinski definition) is 3. The molecule has 1 fully saturated rings. The summed E-state index contributed by atoms with van der Waals surface area (Å²) in [6.45, 7) is 2.73. The van der Waals surface area contributed by atoms with Crippen molar-refractivity contribution in [3.8, 4) is 0 Å². The second kappa shape index (κ2) is 6.01. The van der Waals surface area contributed by atoms with E-state index in [4.69, 9.17) is 5.11 Å². The van der Waals surface area contributed by atoms with Crippen molar-refractivity contribution < 1.29 is 5.11 Å². The molecule has 4 heteroatoms. The maximum absolute atomic E-state index is 8.76. The zero-order valence-corrected chi connectivity index (χ0v) is 9.73. The van der Waals surface area contributed by atoms with Gasteiger partial charge in [-0.15, -0.1) is 0 Å². The standard InChI is InChI=1S/C12H21N3O/c16-7-6-15-10-12(9-14-15)8-13-5-4-11-2-1-3-11/h9-11,13,16H,1-8H2. The number of nitrogens with zero attached hydrogens (tertiary/aromatic N) is 2. The molecular formula is C12H21N3O. The van der Waals surface area contributed by atoms with E-state index in [0.717, 1.165) is 19.0 Å². The quantitative estimate of drug-likeness (QED) is 0.682. The molecule has 4 nitrogen and oxygen atoms in total. The third kappa shape index (κ3) is 3.32. The summed E-state index contributed by atoms with van der Waals surface area (Å²) >= 11 is 0. The average Bonchev–Trinajstić information content (AvgIpc) is 2.63. The minimum Gasteiger partial charge on any atom is -0.394 e. The molecule has 0 saturated heterocycles. The van der Waals surface area contributed by atoms with Crippen molar-refractivity contribution in [2.75, 3.05) is 13.2 Å². The van der Waals surface area contributed by atoms with Crippen LogP contribution in [0.15, 0.2) is 12.4 Å². The van der Waals surface area contributed by atoms with Crippen LogP contribution < -0.4 is 5.32 Å². The van der Waals surface area contributed by atoms with Crippen molar-refractivity contribution in [3.63, 3.8) is 0 Å². The molecule has 0 radical (unpaired) electrons. The second-order valence-corrected chi connectivity index (χ2v) is 4.60. The van der Waals surface area contributed by atoms with Gasteiger partial charge in [-0.25, -0.2) is 0 Å². The van der Waals surface area contributed by atoms with Crippen LogP contribution in [0.4, 0.5) is 0 Å². The predicted molar refractivity (Wildman–Crippen MR) is 63.0 cm³/mol. The number of aliphatic hydroxyl groups is 1. The molecule has 1 saturated carbocycles. The van der Waals surface area contributed by atoms with Gasteiger partial charge in [-0.2, -0.15) is 5.10 Å². The maximum Gasteiger partial charge on any atom is 0.0640 e. The largest absolute Gasteiger partial charge is 0.394 e. The highest BCUT2D eigenvalue weighted by molar-refractivity contribution is 5.03. The fraction of sp³-hybridized carbons (Fsp3) is 0.750. The van der Waals surface area contributed by atoms with Gasteiger partial charge in [0.25, 0.3) is 0 Å². The molecule has 2 rings (SSSR count). The summed E-state index contributed by atoms with van der Waals surface area (Å²) in [4.78, 5) is 0. The van der Waals surface area contributed by atoms with Crippen molar-refractivity contribution in [3.05, 3.63) is 18.0 Å². The Morgan fingerprint density at radius 1 is 1.50 bits per heavy atom. The van der Waals surface area contributed by atoms with Gasteiger partial charge in [-0.3, -0.25) is 4.68 Å². The summed E-state index contributed by atoms with van der Waals surface area (Å²) in [5.74, 6) is 0.976. The molecule has 1 aromatic heterocycles. The van der Waals surface area contributed by atoms with Crippen LogP contribution in [0, 0.1) is 5.92 Å². The van der Waals surface area contributed by atoms with Crippen molar-refractivity contribution in [2.24, 2.45) is 5.92 Å². The fourth-order valence-corrected chi connectivity index (χ4v) is 2.04. The van der Waals surface area contributed by atoms with Gasteiger partial charge in [0, 0.05) is 18.3 Å². The highest BCUT2D eigenvalue weighted by Crippen LogP contribution is 2.28. The number of rotatable bonds is 7. The molecule has 0 bridgehead atoms. The zero-order chi connectivity index (χ0) is 11.2. The lowest BCUT2D eigenvalue weighted by Gasteiger charge is -2.25. The zero-order valence-electron chi connectivity index (χ0n) is 9.73. The molecule has 0 atom stereocenters. The number of hydrogen-bond donors (Lipinski definition) is 2. The van der Waals surface area contributed by atoms with Gasteiger partial charge in [-0.1, -0.05) is 19.3 Å². The van der Waals surface area contributed by atoms with E-state index in [2.05, 4.69) is 10.4 Å². The molecule has 0 aromatic carbocycles. The molecule has 1 heterocycles. The van der Waals surface area contributed by atoms with Crippen LogP contribution in [0.5, 0.6) is 0 Å². The minimum absolute atomic E-state index is 0.149. The van der Waals surface area contributed by atoms with E-state index in [1.165, 1.54) is 31.2 Å². The van der Waals surface area contributed by atoms with Crippen LogP contribution >= 0.6 is 0 Å². The number of aliphatic hydroxyl groups excluding tert-OH is 1. The SMILES string of the molecule is OCCn1cc(CNCCC2CCC2)cn1. The second-order valence-electron chi connectivity index (χ2n) is 4.60. The molecule has 1 aliphatic rings. The van der Waals surface area contributed by atoms with E-state index in [1.807, 2.05) is 12.4 Å². The minimum atomic E-state index is 0.149. The Bertz CT molecular complexity index is 307. The van der Waals surface area contributed by atoms with Gasteiger partial charge in [0.1, 0.15) is 0 Å². The molecule has 0 unspecified atom stereocenters. The topological polar surface area (TPSA) is 50.1 Å². The van der Waals surface area contributed by atoms with Crippen LogP contribution in [0.2, 0.25) is 0 Å². The summed E-state index contributed by atoms with van der Waals surface area (Å²) in [6, 6.07) is 0. The third-order valence-corrected chi connectivity index (χ3v) is 3.30. The Labute approximate surface area is 96.7 Å². The Hall–Kier alpha value is -0.870. The normalized spacial score (nSPS) is 16.3. The van der Waals surface area contributed by atoms with Crippen molar-refractivity contribution in [1.29, 1.82) is 0 Å².